The monoisotopic (exact) mass is 202 g/mol. The van der Waals surface area contributed by atoms with Gasteiger partial charge in [-0.05, 0) is 20.1 Å². The van der Waals surface area contributed by atoms with E-state index in [1.165, 1.54) is 0 Å². The maximum absolute atomic E-state index is 5.85. The molecule has 0 saturated heterocycles. The summed E-state index contributed by atoms with van der Waals surface area (Å²) in [6.45, 7) is 11.4. The van der Waals surface area contributed by atoms with Crippen molar-refractivity contribution in [2.75, 3.05) is 12.8 Å². The Morgan fingerprint density at radius 1 is 1.23 bits per heavy atom. The van der Waals surface area contributed by atoms with Gasteiger partial charge in [0.2, 0.25) is 0 Å². The van der Waals surface area contributed by atoms with Crippen LogP contribution in [0.2, 0.25) is 0 Å². The number of nitrogens with two attached hydrogens (primary N) is 1. The molecule has 0 atom stereocenters. The van der Waals surface area contributed by atoms with Gasteiger partial charge in [0.1, 0.15) is 0 Å². The highest BCUT2D eigenvalue weighted by molar-refractivity contribution is 7.99. The molecule has 0 rings (SSSR count). The van der Waals surface area contributed by atoms with E-state index in [0.717, 1.165) is 12.4 Å². The van der Waals surface area contributed by atoms with Crippen molar-refractivity contribution in [3.8, 4) is 0 Å². The second-order valence-electron chi connectivity index (χ2n) is 4.92. The number of hydrogen-bond donors (Lipinski definition) is 1. The fraction of sp³-hybridized carbons (Fsp3) is 0.900. The zero-order chi connectivity index (χ0) is 10.7. The van der Waals surface area contributed by atoms with E-state index in [9.17, 15) is 0 Å². The van der Waals surface area contributed by atoms with E-state index < -0.39 is 0 Å². The van der Waals surface area contributed by atoms with Crippen LogP contribution in [0.5, 0.6) is 0 Å². The molecule has 0 aliphatic carbocycles. The Labute approximate surface area is 86.4 Å². The van der Waals surface area contributed by atoms with Crippen molar-refractivity contribution in [3.63, 3.8) is 0 Å². The first kappa shape index (κ1) is 12.8. The second kappa shape index (κ2) is 4.36. The van der Waals surface area contributed by atoms with Crippen LogP contribution in [0.1, 0.15) is 34.6 Å². The highest BCUT2D eigenvalue weighted by Crippen LogP contribution is 2.22. The van der Waals surface area contributed by atoms with Crippen molar-refractivity contribution in [1.82, 2.24) is 0 Å². The van der Waals surface area contributed by atoms with Gasteiger partial charge in [0.25, 0.3) is 0 Å². The van der Waals surface area contributed by atoms with Crippen LogP contribution in [0.25, 0.3) is 0 Å². The van der Waals surface area contributed by atoms with Crippen LogP contribution in [-0.4, -0.2) is 23.4 Å². The Kier molecular flexibility index (Phi) is 4.30. The first-order valence-electron chi connectivity index (χ1n) is 4.54. The molecule has 78 valence electrons. The Morgan fingerprint density at radius 2 is 1.69 bits per heavy atom. The summed E-state index contributed by atoms with van der Waals surface area (Å²) >= 11 is 1.82. The van der Waals surface area contributed by atoms with E-state index in [0.29, 0.717) is 0 Å². The molecule has 0 aliphatic heterocycles. The molecule has 0 saturated carbocycles. The zero-order valence-corrected chi connectivity index (χ0v) is 10.5. The Hall–Kier alpha value is -0.180. The molecule has 0 aromatic carbocycles. The van der Waals surface area contributed by atoms with Gasteiger partial charge < -0.3 is 5.73 Å². The van der Waals surface area contributed by atoms with Gasteiger partial charge in [-0.2, -0.15) is 11.8 Å². The minimum atomic E-state index is -0.00547. The predicted octanol–water partition coefficient (Wildman–Crippen LogP) is 2.53. The van der Waals surface area contributed by atoms with E-state index in [2.05, 4.69) is 45.9 Å². The van der Waals surface area contributed by atoms with E-state index >= 15 is 0 Å². The minimum absolute atomic E-state index is 0.00547. The summed E-state index contributed by atoms with van der Waals surface area (Å²) in [5.74, 6) is 0.745. The SMILES string of the molecule is CSC(C)(C)CN=C(N)C(C)(C)C. The van der Waals surface area contributed by atoms with Crippen molar-refractivity contribution < 1.29 is 0 Å². The first-order chi connectivity index (χ1) is 5.69. The third-order valence-corrected chi connectivity index (χ3v) is 3.19. The van der Waals surface area contributed by atoms with E-state index in [4.69, 9.17) is 5.73 Å². The number of aliphatic imine (C=N–C) groups is 1. The van der Waals surface area contributed by atoms with Crippen LogP contribution in [0.3, 0.4) is 0 Å². The van der Waals surface area contributed by atoms with E-state index in [1.54, 1.807) is 0 Å². The quantitative estimate of drug-likeness (QED) is 0.564. The zero-order valence-electron chi connectivity index (χ0n) is 9.64. The number of nitrogens with zero attached hydrogens (tertiary/aromatic N) is 1. The first-order valence-corrected chi connectivity index (χ1v) is 5.77. The fourth-order valence-electron chi connectivity index (χ4n) is 0.577. The van der Waals surface area contributed by atoms with E-state index in [1.807, 2.05) is 11.8 Å². The smallest absolute Gasteiger partial charge is 0.0991 e. The molecule has 2 N–H and O–H groups in total. The Morgan fingerprint density at radius 3 is 2.00 bits per heavy atom. The lowest BCUT2D eigenvalue weighted by Crippen LogP contribution is -2.31. The third kappa shape index (κ3) is 5.19. The van der Waals surface area contributed by atoms with Crippen molar-refractivity contribution >= 4 is 17.6 Å². The molecule has 0 heterocycles. The van der Waals surface area contributed by atoms with Crippen LogP contribution in [0.4, 0.5) is 0 Å². The summed E-state index contributed by atoms with van der Waals surface area (Å²) < 4.78 is 0.190. The van der Waals surface area contributed by atoms with Gasteiger partial charge in [0, 0.05) is 10.2 Å². The van der Waals surface area contributed by atoms with Gasteiger partial charge in [-0.3, -0.25) is 4.99 Å². The van der Waals surface area contributed by atoms with Gasteiger partial charge in [-0.15, -0.1) is 0 Å². The van der Waals surface area contributed by atoms with Crippen molar-refractivity contribution in [1.29, 1.82) is 0 Å². The summed E-state index contributed by atoms with van der Waals surface area (Å²) in [7, 11) is 0. The topological polar surface area (TPSA) is 38.4 Å². The number of hydrogen-bond acceptors (Lipinski definition) is 2. The largest absolute Gasteiger partial charge is 0.387 e. The molecule has 0 radical (unpaired) electrons. The lowest BCUT2D eigenvalue weighted by molar-refractivity contribution is 0.577. The van der Waals surface area contributed by atoms with Crippen molar-refractivity contribution in [2.45, 2.75) is 39.4 Å². The molecule has 0 amide bonds. The minimum Gasteiger partial charge on any atom is -0.387 e. The average Bonchev–Trinajstić information content (AvgIpc) is 1.98. The molecule has 0 spiro atoms. The summed E-state index contributed by atoms with van der Waals surface area (Å²) in [5, 5.41) is 0. The van der Waals surface area contributed by atoms with Crippen LogP contribution >= 0.6 is 11.8 Å². The van der Waals surface area contributed by atoms with Crippen LogP contribution in [0.15, 0.2) is 4.99 Å². The van der Waals surface area contributed by atoms with Crippen molar-refractivity contribution in [2.24, 2.45) is 16.1 Å². The maximum atomic E-state index is 5.85. The van der Waals surface area contributed by atoms with Crippen LogP contribution < -0.4 is 5.73 Å². The number of thioether (sulfide) groups is 1. The van der Waals surface area contributed by atoms with Gasteiger partial charge in [0.05, 0.1) is 12.4 Å². The molecule has 0 aliphatic rings. The lowest BCUT2D eigenvalue weighted by Gasteiger charge is -2.22. The second-order valence-corrected chi connectivity index (χ2v) is 6.43. The molecule has 2 nitrogen and oxygen atoms in total. The molecule has 0 aromatic heterocycles. The molecule has 0 bridgehead atoms. The summed E-state index contributed by atoms with van der Waals surface area (Å²) in [4.78, 5) is 4.41. The molecule has 3 heteroatoms. The standard InChI is InChI=1S/C10H22N2S/c1-9(2,3)8(11)12-7-10(4,5)13-6/h7H2,1-6H3,(H2,11,12). The van der Waals surface area contributed by atoms with Gasteiger partial charge in [-0.25, -0.2) is 0 Å². The van der Waals surface area contributed by atoms with E-state index in [-0.39, 0.29) is 10.2 Å². The van der Waals surface area contributed by atoms with Crippen LogP contribution in [-0.2, 0) is 0 Å². The molecular weight excluding hydrogens is 180 g/mol. The van der Waals surface area contributed by atoms with Gasteiger partial charge >= 0.3 is 0 Å². The lowest BCUT2D eigenvalue weighted by atomic mass is 9.95. The van der Waals surface area contributed by atoms with Crippen LogP contribution in [0, 0.1) is 5.41 Å². The third-order valence-electron chi connectivity index (χ3n) is 1.95. The van der Waals surface area contributed by atoms with Crippen molar-refractivity contribution in [3.05, 3.63) is 0 Å². The highest BCUT2D eigenvalue weighted by Gasteiger charge is 2.19. The van der Waals surface area contributed by atoms with Gasteiger partial charge in [0.15, 0.2) is 0 Å². The Bertz CT molecular complexity index is 190. The molecule has 0 unspecified atom stereocenters. The normalized spacial score (nSPS) is 14.8. The summed E-state index contributed by atoms with van der Waals surface area (Å²) in [6.07, 6.45) is 2.10. The maximum Gasteiger partial charge on any atom is 0.0991 e. The number of rotatable bonds is 3. The Balaban J connectivity index is 4.28. The predicted molar refractivity (Wildman–Crippen MR) is 63.5 cm³/mol. The molecule has 0 aromatic rings. The molecule has 13 heavy (non-hydrogen) atoms. The summed E-state index contributed by atoms with van der Waals surface area (Å²) in [5.41, 5.74) is 5.85. The fourth-order valence-corrected chi connectivity index (χ4v) is 0.771. The molecular formula is C10H22N2S. The average molecular weight is 202 g/mol. The summed E-state index contributed by atoms with van der Waals surface area (Å²) in [6, 6.07) is 0. The highest BCUT2D eigenvalue weighted by atomic mass is 32.2. The molecule has 0 fully saturated rings. The number of amidine groups is 1. The van der Waals surface area contributed by atoms with Gasteiger partial charge in [-0.1, -0.05) is 20.8 Å².